The van der Waals surface area contributed by atoms with Crippen molar-refractivity contribution in [3.8, 4) is 0 Å². The van der Waals surface area contributed by atoms with Gasteiger partial charge in [-0.2, -0.15) is 0 Å². The summed E-state index contributed by atoms with van der Waals surface area (Å²) in [4.78, 5) is 0. The summed E-state index contributed by atoms with van der Waals surface area (Å²) in [6.45, 7) is 4.56. The molecule has 0 heterocycles. The average Bonchev–Trinajstić information content (AvgIpc) is 2.14. The molecule has 0 saturated heterocycles. The van der Waals surface area contributed by atoms with E-state index in [1.165, 1.54) is 19.3 Å². The first-order valence-electron chi connectivity index (χ1n) is 3.50. The van der Waals surface area contributed by atoms with Crippen LogP contribution in [-0.2, 0) is 0 Å². The second-order valence-corrected chi connectivity index (χ2v) is 2.76. The van der Waals surface area contributed by atoms with Crippen molar-refractivity contribution in [2.24, 2.45) is 5.92 Å². The van der Waals surface area contributed by atoms with Gasteiger partial charge < -0.3 is 0 Å². The molecular formula is C9H18. The molecule has 0 spiro atoms. The Morgan fingerprint density at radius 3 is 2.56 bits per heavy atom. The Kier molecular flexibility index (Phi) is 3.60. The van der Waals surface area contributed by atoms with Crippen molar-refractivity contribution in [1.82, 2.24) is 0 Å². The van der Waals surface area contributed by atoms with E-state index in [-0.39, 0.29) is 7.43 Å². The molecule has 1 rings (SSSR count). The van der Waals surface area contributed by atoms with E-state index >= 15 is 0 Å². The number of hydrogen-bond acceptors (Lipinski definition) is 0. The maximum Gasteiger partial charge on any atom is -0.0292 e. The smallest absolute Gasteiger partial charge is 0.0292 e. The van der Waals surface area contributed by atoms with E-state index in [1.54, 1.807) is 5.57 Å². The van der Waals surface area contributed by atoms with Crippen molar-refractivity contribution < 1.29 is 0 Å². The number of rotatable bonds is 1. The van der Waals surface area contributed by atoms with E-state index in [9.17, 15) is 0 Å². The van der Waals surface area contributed by atoms with Gasteiger partial charge in [0, 0.05) is 0 Å². The Labute approximate surface area is 59.0 Å². The molecule has 1 aliphatic carbocycles. The molecule has 0 N–H and O–H groups in total. The van der Waals surface area contributed by atoms with Crippen LogP contribution in [0.3, 0.4) is 0 Å². The zero-order valence-electron chi connectivity index (χ0n) is 5.78. The van der Waals surface area contributed by atoms with Crippen LogP contribution >= 0.6 is 0 Å². The van der Waals surface area contributed by atoms with Crippen LogP contribution < -0.4 is 0 Å². The summed E-state index contributed by atoms with van der Waals surface area (Å²) in [5, 5.41) is 0. The van der Waals surface area contributed by atoms with Crippen LogP contribution in [0.2, 0.25) is 0 Å². The van der Waals surface area contributed by atoms with E-state index in [1.807, 2.05) is 0 Å². The first-order valence-corrected chi connectivity index (χ1v) is 3.50. The lowest BCUT2D eigenvalue weighted by Gasteiger charge is -1.97. The molecule has 0 nitrogen and oxygen atoms in total. The minimum atomic E-state index is 0. The molecule has 1 unspecified atom stereocenters. The molecule has 0 aromatic rings. The average molecular weight is 126 g/mol. The molecule has 54 valence electrons. The van der Waals surface area contributed by atoms with Gasteiger partial charge in [0.15, 0.2) is 0 Å². The maximum absolute atomic E-state index is 2.39. The maximum atomic E-state index is 2.39. The van der Waals surface area contributed by atoms with Crippen LogP contribution in [0.5, 0.6) is 0 Å². The molecule has 0 aromatic carbocycles. The molecule has 0 saturated carbocycles. The number of hydrogen-bond donors (Lipinski definition) is 0. The second-order valence-electron chi connectivity index (χ2n) is 2.76. The summed E-state index contributed by atoms with van der Waals surface area (Å²) in [6, 6.07) is 0. The van der Waals surface area contributed by atoms with Gasteiger partial charge in [-0.3, -0.25) is 0 Å². The standard InChI is InChI=1S/C8H14.CH4/c1-3-8-5-4-7(2)6-8;/h5,7H,3-4,6H2,1-2H3;1H4. The third kappa shape index (κ3) is 2.21. The quantitative estimate of drug-likeness (QED) is 0.472. The summed E-state index contributed by atoms with van der Waals surface area (Å²) in [5.74, 6) is 0.935. The summed E-state index contributed by atoms with van der Waals surface area (Å²) in [6.07, 6.45) is 6.34. The summed E-state index contributed by atoms with van der Waals surface area (Å²) < 4.78 is 0. The Morgan fingerprint density at radius 2 is 2.33 bits per heavy atom. The SMILES string of the molecule is C.CCC1=CCC(C)C1. The lowest BCUT2D eigenvalue weighted by molar-refractivity contribution is 0.622. The molecule has 0 radical (unpaired) electrons. The van der Waals surface area contributed by atoms with Gasteiger partial charge in [-0.1, -0.05) is 32.9 Å². The van der Waals surface area contributed by atoms with E-state index in [2.05, 4.69) is 19.9 Å². The predicted molar refractivity (Wildman–Crippen MR) is 43.5 cm³/mol. The van der Waals surface area contributed by atoms with Gasteiger partial charge >= 0.3 is 0 Å². The van der Waals surface area contributed by atoms with E-state index in [4.69, 9.17) is 0 Å². The van der Waals surface area contributed by atoms with Crippen molar-refractivity contribution in [1.29, 1.82) is 0 Å². The molecule has 0 amide bonds. The van der Waals surface area contributed by atoms with Crippen molar-refractivity contribution in [3.63, 3.8) is 0 Å². The molecule has 0 aliphatic heterocycles. The Hall–Kier alpha value is -0.260. The zero-order chi connectivity index (χ0) is 5.98. The topological polar surface area (TPSA) is 0 Å². The lowest BCUT2D eigenvalue weighted by atomic mass is 10.1. The second kappa shape index (κ2) is 3.71. The zero-order valence-corrected chi connectivity index (χ0v) is 5.78. The van der Waals surface area contributed by atoms with Crippen LogP contribution in [0, 0.1) is 5.92 Å². The van der Waals surface area contributed by atoms with Gasteiger partial charge in [0.2, 0.25) is 0 Å². The normalized spacial score (nSPS) is 25.1. The lowest BCUT2D eigenvalue weighted by Crippen LogP contribution is -1.83. The minimum absolute atomic E-state index is 0. The van der Waals surface area contributed by atoms with Crippen molar-refractivity contribution in [3.05, 3.63) is 11.6 Å². The van der Waals surface area contributed by atoms with E-state index in [0.29, 0.717) is 0 Å². The fourth-order valence-electron chi connectivity index (χ4n) is 1.27. The molecule has 0 bridgehead atoms. The third-order valence-corrected chi connectivity index (χ3v) is 1.87. The number of allylic oxidation sites excluding steroid dienone is 2. The van der Waals surface area contributed by atoms with Crippen LogP contribution in [0.15, 0.2) is 11.6 Å². The van der Waals surface area contributed by atoms with Gasteiger partial charge in [-0.25, -0.2) is 0 Å². The molecule has 1 aliphatic rings. The van der Waals surface area contributed by atoms with Crippen molar-refractivity contribution >= 4 is 0 Å². The fourth-order valence-corrected chi connectivity index (χ4v) is 1.27. The summed E-state index contributed by atoms with van der Waals surface area (Å²) in [7, 11) is 0. The molecule has 0 heteroatoms. The highest BCUT2D eigenvalue weighted by atomic mass is 14.1. The highest BCUT2D eigenvalue weighted by Crippen LogP contribution is 2.25. The third-order valence-electron chi connectivity index (χ3n) is 1.87. The molecular weight excluding hydrogens is 108 g/mol. The highest BCUT2D eigenvalue weighted by molar-refractivity contribution is 5.08. The molecule has 0 aromatic heterocycles. The van der Waals surface area contributed by atoms with E-state index in [0.717, 1.165) is 5.92 Å². The van der Waals surface area contributed by atoms with Crippen molar-refractivity contribution in [2.45, 2.75) is 40.5 Å². The van der Waals surface area contributed by atoms with Gasteiger partial charge in [0.05, 0.1) is 0 Å². The minimum Gasteiger partial charge on any atom is -0.0851 e. The first kappa shape index (κ1) is 8.74. The summed E-state index contributed by atoms with van der Waals surface area (Å²) >= 11 is 0. The van der Waals surface area contributed by atoms with Crippen LogP contribution in [0.1, 0.15) is 40.5 Å². The van der Waals surface area contributed by atoms with Crippen LogP contribution in [0.25, 0.3) is 0 Å². The van der Waals surface area contributed by atoms with Gasteiger partial charge in [-0.15, -0.1) is 0 Å². The van der Waals surface area contributed by atoms with Crippen LogP contribution in [0.4, 0.5) is 0 Å². The van der Waals surface area contributed by atoms with Crippen molar-refractivity contribution in [2.75, 3.05) is 0 Å². The predicted octanol–water partition coefficient (Wildman–Crippen LogP) is 3.39. The van der Waals surface area contributed by atoms with E-state index < -0.39 is 0 Å². The van der Waals surface area contributed by atoms with Crippen LogP contribution in [-0.4, -0.2) is 0 Å². The molecule has 1 atom stereocenters. The monoisotopic (exact) mass is 126 g/mol. The fraction of sp³-hybridized carbons (Fsp3) is 0.778. The summed E-state index contributed by atoms with van der Waals surface area (Å²) in [5.41, 5.74) is 1.66. The van der Waals surface area contributed by atoms with Gasteiger partial charge in [0.1, 0.15) is 0 Å². The van der Waals surface area contributed by atoms with Gasteiger partial charge in [-0.05, 0) is 25.2 Å². The Morgan fingerprint density at radius 1 is 1.67 bits per heavy atom. The molecule has 0 fully saturated rings. The highest BCUT2D eigenvalue weighted by Gasteiger charge is 2.09. The molecule has 9 heavy (non-hydrogen) atoms. The first-order chi connectivity index (χ1) is 3.83. The Bertz CT molecular complexity index is 101. The Balaban J connectivity index is 0.000000640. The largest absolute Gasteiger partial charge is 0.0851 e. The van der Waals surface area contributed by atoms with Gasteiger partial charge in [0.25, 0.3) is 0 Å².